The molecule has 0 aromatic heterocycles. The highest BCUT2D eigenvalue weighted by Crippen LogP contribution is 2.37. The number of nitrogens with zero attached hydrogens (tertiary/aromatic N) is 1. The van der Waals surface area contributed by atoms with Crippen molar-refractivity contribution in [3.05, 3.63) is 64.7 Å². The van der Waals surface area contributed by atoms with Crippen LogP contribution in [0.2, 0.25) is 5.02 Å². The molecule has 0 unspecified atom stereocenters. The van der Waals surface area contributed by atoms with E-state index in [0.29, 0.717) is 22.7 Å². The lowest BCUT2D eigenvalue weighted by Gasteiger charge is -2.29. The third kappa shape index (κ3) is 5.07. The Hall–Kier alpha value is -1.88. The van der Waals surface area contributed by atoms with Gasteiger partial charge in [0.15, 0.2) is 0 Å². The van der Waals surface area contributed by atoms with Gasteiger partial charge in [0.05, 0.1) is 12.3 Å². The number of nitrogens with one attached hydrogen (secondary N) is 1. The van der Waals surface area contributed by atoms with Gasteiger partial charge in [0.25, 0.3) is 0 Å². The number of rotatable bonds is 5. The average Bonchev–Trinajstić information content (AvgIpc) is 2.68. The molecule has 1 saturated carbocycles. The molecular weight excluding hydrogens is 348 g/mol. The van der Waals surface area contributed by atoms with Crippen LogP contribution in [-0.4, -0.2) is 16.1 Å². The molecule has 0 aliphatic heterocycles. The molecule has 1 fully saturated rings. The molecule has 3 N–H and O–H groups in total. The van der Waals surface area contributed by atoms with Crippen molar-refractivity contribution in [2.45, 2.75) is 44.6 Å². The van der Waals surface area contributed by atoms with Crippen molar-refractivity contribution in [2.24, 2.45) is 10.9 Å². The first-order valence-corrected chi connectivity index (χ1v) is 9.48. The lowest BCUT2D eigenvalue weighted by atomic mass is 9.77. The second kappa shape index (κ2) is 9.17. The quantitative estimate of drug-likeness (QED) is 0.383. The summed E-state index contributed by atoms with van der Waals surface area (Å²) in [5, 5.41) is 19.2. The number of halogens is 1. The van der Waals surface area contributed by atoms with Gasteiger partial charge in [-0.1, -0.05) is 41.9 Å². The first kappa shape index (κ1) is 18.9. The largest absolute Gasteiger partial charge is 0.392 e. The van der Waals surface area contributed by atoms with E-state index in [4.69, 9.17) is 16.7 Å². The molecular formula is C21H25ClN2O2. The summed E-state index contributed by atoms with van der Waals surface area (Å²) < 4.78 is 0. The molecule has 4 nitrogen and oxygen atoms in total. The van der Waals surface area contributed by atoms with Crippen LogP contribution in [-0.2, 0) is 6.61 Å². The zero-order chi connectivity index (χ0) is 18.4. The van der Waals surface area contributed by atoms with Gasteiger partial charge in [0.2, 0.25) is 0 Å². The van der Waals surface area contributed by atoms with Crippen molar-refractivity contribution in [1.82, 2.24) is 5.48 Å². The minimum absolute atomic E-state index is 0.0932. The molecule has 3 rings (SSSR count). The Balaban J connectivity index is 1.56. The Kier molecular flexibility index (Phi) is 6.67. The molecule has 5 heteroatoms. The van der Waals surface area contributed by atoms with E-state index >= 15 is 0 Å². The van der Waals surface area contributed by atoms with Crippen LogP contribution in [0.3, 0.4) is 0 Å². The van der Waals surface area contributed by atoms with Gasteiger partial charge in [-0.25, -0.2) is 4.99 Å². The fourth-order valence-corrected chi connectivity index (χ4v) is 3.87. The van der Waals surface area contributed by atoms with Gasteiger partial charge in [-0.05, 0) is 66.8 Å². The van der Waals surface area contributed by atoms with Crippen LogP contribution >= 0.6 is 11.6 Å². The van der Waals surface area contributed by atoms with Gasteiger partial charge >= 0.3 is 0 Å². The minimum atomic E-state index is 0.0932. The van der Waals surface area contributed by atoms with E-state index in [1.54, 1.807) is 12.1 Å². The summed E-state index contributed by atoms with van der Waals surface area (Å²) in [4.78, 5) is 4.48. The zero-order valence-corrected chi connectivity index (χ0v) is 15.5. The standard InChI is InChI=1S/C21H25ClN2O2/c22-19-2-1-3-20(13-19)23-21(24-26)12-15-4-8-17(9-5-15)18-10-6-16(14-25)7-11-18/h1-3,6-7,10-11,13,15,17,25-26H,4-5,8-9,12,14H2,(H,23,24). The molecule has 0 atom stereocenters. The van der Waals surface area contributed by atoms with Crippen molar-refractivity contribution in [1.29, 1.82) is 0 Å². The smallest absolute Gasteiger partial charge is 0.126 e. The van der Waals surface area contributed by atoms with Crippen LogP contribution in [0.5, 0.6) is 0 Å². The summed E-state index contributed by atoms with van der Waals surface area (Å²) in [6, 6.07) is 15.6. The molecule has 0 heterocycles. The number of aliphatic hydroxyl groups is 1. The van der Waals surface area contributed by atoms with E-state index in [-0.39, 0.29) is 6.61 Å². The Labute approximate surface area is 159 Å². The number of aliphatic imine (C=N–C) groups is 1. The molecule has 0 spiro atoms. The number of benzene rings is 2. The SMILES string of the molecule is OCc1ccc(C2CCC(CC(=Nc3cccc(Cl)c3)NO)CC2)cc1. The van der Waals surface area contributed by atoms with Crippen molar-refractivity contribution in [2.75, 3.05) is 0 Å². The topological polar surface area (TPSA) is 64.9 Å². The molecule has 1 aliphatic carbocycles. The van der Waals surface area contributed by atoms with E-state index in [9.17, 15) is 5.21 Å². The number of hydrogen-bond donors (Lipinski definition) is 3. The molecule has 0 bridgehead atoms. The van der Waals surface area contributed by atoms with Crippen LogP contribution in [0.15, 0.2) is 53.5 Å². The zero-order valence-electron chi connectivity index (χ0n) is 14.7. The number of hydrogen-bond acceptors (Lipinski definition) is 3. The van der Waals surface area contributed by atoms with E-state index in [1.807, 2.05) is 24.3 Å². The first-order chi connectivity index (χ1) is 12.7. The molecule has 0 amide bonds. The van der Waals surface area contributed by atoms with Gasteiger partial charge in [-0.3, -0.25) is 10.7 Å². The summed E-state index contributed by atoms with van der Waals surface area (Å²) in [6.45, 7) is 0.0932. The highest BCUT2D eigenvalue weighted by Gasteiger charge is 2.23. The fraction of sp³-hybridized carbons (Fsp3) is 0.381. The Morgan fingerprint density at radius 1 is 1.08 bits per heavy atom. The normalized spacial score (nSPS) is 20.8. The Morgan fingerprint density at radius 3 is 2.42 bits per heavy atom. The van der Waals surface area contributed by atoms with Gasteiger partial charge in [-0.2, -0.15) is 0 Å². The third-order valence-electron chi connectivity index (χ3n) is 5.16. The minimum Gasteiger partial charge on any atom is -0.392 e. The summed E-state index contributed by atoms with van der Waals surface area (Å²) >= 11 is 5.99. The molecule has 2 aromatic carbocycles. The van der Waals surface area contributed by atoms with Crippen LogP contribution in [0, 0.1) is 5.92 Å². The van der Waals surface area contributed by atoms with Gasteiger partial charge in [0, 0.05) is 11.4 Å². The van der Waals surface area contributed by atoms with Crippen molar-refractivity contribution >= 4 is 23.1 Å². The summed E-state index contributed by atoms with van der Waals surface area (Å²) in [5.74, 6) is 1.68. The molecule has 2 aromatic rings. The monoisotopic (exact) mass is 372 g/mol. The van der Waals surface area contributed by atoms with Crippen LogP contribution < -0.4 is 5.48 Å². The number of amidine groups is 1. The molecule has 0 radical (unpaired) electrons. The van der Waals surface area contributed by atoms with E-state index < -0.39 is 0 Å². The second-order valence-electron chi connectivity index (χ2n) is 6.97. The number of aliphatic hydroxyl groups excluding tert-OH is 1. The van der Waals surface area contributed by atoms with E-state index in [0.717, 1.165) is 43.4 Å². The average molecular weight is 373 g/mol. The van der Waals surface area contributed by atoms with Gasteiger partial charge in [-0.15, -0.1) is 0 Å². The van der Waals surface area contributed by atoms with Crippen molar-refractivity contribution < 1.29 is 10.3 Å². The van der Waals surface area contributed by atoms with Crippen molar-refractivity contribution in [3.63, 3.8) is 0 Å². The lowest BCUT2D eigenvalue weighted by molar-refractivity contribution is 0.226. The first-order valence-electron chi connectivity index (χ1n) is 9.11. The fourth-order valence-electron chi connectivity index (χ4n) is 3.69. The van der Waals surface area contributed by atoms with Gasteiger partial charge < -0.3 is 5.11 Å². The van der Waals surface area contributed by atoms with E-state index in [1.165, 1.54) is 5.56 Å². The maximum absolute atomic E-state index is 9.43. The predicted octanol–water partition coefficient (Wildman–Crippen LogP) is 5.21. The lowest BCUT2D eigenvalue weighted by Crippen LogP contribution is -2.24. The van der Waals surface area contributed by atoms with Crippen LogP contribution in [0.1, 0.15) is 49.1 Å². The second-order valence-corrected chi connectivity index (χ2v) is 7.41. The Morgan fingerprint density at radius 2 is 1.81 bits per heavy atom. The van der Waals surface area contributed by atoms with Crippen molar-refractivity contribution in [3.8, 4) is 0 Å². The summed E-state index contributed by atoms with van der Waals surface area (Å²) in [5.41, 5.74) is 5.31. The highest BCUT2D eigenvalue weighted by atomic mass is 35.5. The maximum Gasteiger partial charge on any atom is 0.126 e. The van der Waals surface area contributed by atoms with Crippen LogP contribution in [0.4, 0.5) is 5.69 Å². The molecule has 138 valence electrons. The van der Waals surface area contributed by atoms with Gasteiger partial charge in [0.1, 0.15) is 5.84 Å². The van der Waals surface area contributed by atoms with Crippen LogP contribution in [0.25, 0.3) is 0 Å². The molecule has 26 heavy (non-hydrogen) atoms. The highest BCUT2D eigenvalue weighted by molar-refractivity contribution is 6.30. The predicted molar refractivity (Wildman–Crippen MR) is 105 cm³/mol. The van der Waals surface area contributed by atoms with E-state index in [2.05, 4.69) is 22.6 Å². The Bertz CT molecular complexity index is 738. The number of hydroxylamine groups is 1. The maximum atomic E-state index is 9.43. The molecule has 1 aliphatic rings. The third-order valence-corrected chi connectivity index (χ3v) is 5.40. The summed E-state index contributed by atoms with van der Waals surface area (Å²) in [7, 11) is 0. The molecule has 0 saturated heterocycles. The summed E-state index contributed by atoms with van der Waals surface area (Å²) in [6.07, 6.45) is 5.24.